The third-order valence-corrected chi connectivity index (χ3v) is 8.25. The van der Waals surface area contributed by atoms with Crippen LogP contribution in [0.1, 0.15) is 33.1 Å². The fraction of sp³-hybridized carbons (Fsp3) is 0.281. The van der Waals surface area contributed by atoms with Crippen LogP contribution in [0.3, 0.4) is 0 Å². The van der Waals surface area contributed by atoms with Gasteiger partial charge < -0.3 is 10.1 Å². The van der Waals surface area contributed by atoms with Gasteiger partial charge in [0.1, 0.15) is 12.4 Å². The number of hydrogen-bond acceptors (Lipinski definition) is 5. The molecule has 3 aromatic carbocycles. The number of benzene rings is 3. The van der Waals surface area contributed by atoms with Crippen LogP contribution in [0.5, 0.6) is 0 Å². The largest absolute Gasteiger partial charge is 0.383 e. The van der Waals surface area contributed by atoms with Gasteiger partial charge in [0.05, 0.1) is 29.0 Å². The van der Waals surface area contributed by atoms with Crippen molar-refractivity contribution < 1.29 is 14.3 Å². The van der Waals surface area contributed by atoms with E-state index in [1.54, 1.807) is 23.8 Å². The van der Waals surface area contributed by atoms with Gasteiger partial charge >= 0.3 is 0 Å². The van der Waals surface area contributed by atoms with Gasteiger partial charge in [-0.15, -0.1) is 11.8 Å². The molecule has 40 heavy (non-hydrogen) atoms. The topological polar surface area (TPSA) is 76.5 Å². The number of aromatic nitrogens is 2. The Morgan fingerprint density at radius 1 is 1.02 bits per heavy atom. The van der Waals surface area contributed by atoms with Crippen molar-refractivity contribution in [3.63, 3.8) is 0 Å². The quantitative estimate of drug-likeness (QED) is 0.295. The molecule has 2 amide bonds. The molecule has 2 heterocycles. The molecule has 0 aliphatic carbocycles. The minimum atomic E-state index is -0.245. The van der Waals surface area contributed by atoms with Crippen LogP contribution in [-0.2, 0) is 14.3 Å². The lowest BCUT2D eigenvalue weighted by Gasteiger charge is -2.24. The Balaban J connectivity index is 1.78. The first-order valence-corrected chi connectivity index (χ1v) is 14.4. The van der Waals surface area contributed by atoms with E-state index in [9.17, 15) is 9.59 Å². The van der Waals surface area contributed by atoms with Gasteiger partial charge in [-0.25, -0.2) is 4.68 Å². The zero-order valence-corrected chi connectivity index (χ0v) is 24.1. The molecular formula is C32H34N4O3S. The number of carbonyl (C=O) groups excluding carboxylic acids is 2. The van der Waals surface area contributed by atoms with Crippen LogP contribution < -0.4 is 10.2 Å². The summed E-state index contributed by atoms with van der Waals surface area (Å²) in [5.74, 6) is 0.493. The molecule has 0 fully saturated rings. The minimum Gasteiger partial charge on any atom is -0.383 e. The van der Waals surface area contributed by atoms with Crippen LogP contribution in [0, 0.1) is 20.8 Å². The van der Waals surface area contributed by atoms with Crippen LogP contribution in [0.25, 0.3) is 16.9 Å². The van der Waals surface area contributed by atoms with Crippen LogP contribution in [0.2, 0.25) is 0 Å². The number of rotatable bonds is 8. The van der Waals surface area contributed by atoms with Crippen molar-refractivity contribution in [3.8, 4) is 16.9 Å². The number of methoxy groups -OCH3 is 1. The lowest BCUT2D eigenvalue weighted by atomic mass is 9.98. The van der Waals surface area contributed by atoms with Gasteiger partial charge in [0, 0.05) is 24.8 Å². The highest BCUT2D eigenvalue weighted by Gasteiger charge is 2.37. The Morgan fingerprint density at radius 2 is 1.80 bits per heavy atom. The van der Waals surface area contributed by atoms with Gasteiger partial charge in [0.2, 0.25) is 11.8 Å². The van der Waals surface area contributed by atoms with Gasteiger partial charge in [-0.3, -0.25) is 14.5 Å². The van der Waals surface area contributed by atoms with E-state index >= 15 is 0 Å². The zero-order valence-electron chi connectivity index (χ0n) is 23.3. The Bertz CT molecular complexity index is 1530. The molecule has 1 atom stereocenters. The first kappa shape index (κ1) is 27.7. The van der Waals surface area contributed by atoms with Crippen molar-refractivity contribution in [1.82, 2.24) is 15.1 Å². The third-order valence-electron chi connectivity index (χ3n) is 6.99. The summed E-state index contributed by atoms with van der Waals surface area (Å²) in [4.78, 5) is 28.5. The summed E-state index contributed by atoms with van der Waals surface area (Å²) in [7, 11) is 1.59. The number of amides is 2. The van der Waals surface area contributed by atoms with Gasteiger partial charge in [0.15, 0.2) is 0 Å². The fourth-order valence-corrected chi connectivity index (χ4v) is 6.32. The molecule has 5 rings (SSSR count). The molecule has 0 saturated heterocycles. The molecular weight excluding hydrogens is 520 g/mol. The maximum Gasteiger partial charge on any atom is 0.240 e. The Hall–Kier alpha value is -3.88. The van der Waals surface area contributed by atoms with Crippen molar-refractivity contribution in [2.75, 3.05) is 37.5 Å². The molecule has 0 bridgehead atoms. The van der Waals surface area contributed by atoms with Crippen molar-refractivity contribution in [1.29, 1.82) is 0 Å². The summed E-state index contributed by atoms with van der Waals surface area (Å²) in [6.45, 7) is 6.84. The summed E-state index contributed by atoms with van der Waals surface area (Å²) in [6.07, 6.45) is 0. The molecule has 8 heteroatoms. The predicted octanol–water partition coefficient (Wildman–Crippen LogP) is 5.40. The summed E-state index contributed by atoms with van der Waals surface area (Å²) >= 11 is 1.58. The molecule has 4 aromatic rings. The summed E-state index contributed by atoms with van der Waals surface area (Å²) in [5.41, 5.74) is 7.98. The van der Waals surface area contributed by atoms with E-state index in [-0.39, 0.29) is 29.4 Å². The van der Waals surface area contributed by atoms with E-state index in [1.165, 1.54) is 0 Å². The summed E-state index contributed by atoms with van der Waals surface area (Å²) in [5, 5.41) is 7.91. The molecule has 0 radical (unpaired) electrons. The molecule has 0 saturated carbocycles. The van der Waals surface area contributed by atoms with E-state index < -0.39 is 0 Å². The van der Waals surface area contributed by atoms with E-state index in [1.807, 2.05) is 54.1 Å². The molecule has 1 aromatic heterocycles. The minimum absolute atomic E-state index is 0.110. The molecule has 0 spiro atoms. The summed E-state index contributed by atoms with van der Waals surface area (Å²) < 4.78 is 6.95. The SMILES string of the molecule is COCCNC(=O)CN1C(=O)CS[C@@H](c2cccc(C)c2)c2c(-c3ccccc3)nn(-c3ccc(C)cc3C)c21. The highest BCUT2D eigenvalue weighted by molar-refractivity contribution is 8.00. The first-order valence-electron chi connectivity index (χ1n) is 13.4. The molecule has 1 aliphatic rings. The van der Waals surface area contributed by atoms with Crippen LogP contribution in [-0.4, -0.2) is 54.2 Å². The highest BCUT2D eigenvalue weighted by atomic mass is 32.2. The van der Waals surface area contributed by atoms with Gasteiger partial charge in [0.25, 0.3) is 0 Å². The number of hydrogen-bond donors (Lipinski definition) is 1. The zero-order chi connectivity index (χ0) is 28.2. The average molecular weight is 555 g/mol. The number of fused-ring (bicyclic) bond motifs is 1. The summed E-state index contributed by atoms with van der Waals surface area (Å²) in [6, 6.07) is 24.7. The smallest absolute Gasteiger partial charge is 0.240 e. The van der Waals surface area contributed by atoms with Crippen LogP contribution in [0.4, 0.5) is 5.82 Å². The monoisotopic (exact) mass is 554 g/mol. The fourth-order valence-electron chi connectivity index (χ4n) is 5.13. The van der Waals surface area contributed by atoms with Crippen molar-refractivity contribution in [3.05, 3.63) is 101 Å². The van der Waals surface area contributed by atoms with Gasteiger partial charge in [-0.2, -0.15) is 5.10 Å². The van der Waals surface area contributed by atoms with Gasteiger partial charge in [-0.05, 0) is 38.0 Å². The Labute approximate surface area is 239 Å². The maximum atomic E-state index is 13.8. The van der Waals surface area contributed by atoms with Crippen LogP contribution >= 0.6 is 11.8 Å². The number of nitrogens with one attached hydrogen (secondary N) is 1. The van der Waals surface area contributed by atoms with E-state index in [4.69, 9.17) is 9.84 Å². The van der Waals surface area contributed by atoms with E-state index in [2.05, 4.69) is 49.5 Å². The van der Waals surface area contributed by atoms with E-state index in [0.29, 0.717) is 19.0 Å². The van der Waals surface area contributed by atoms with E-state index in [0.717, 1.165) is 44.8 Å². The number of aryl methyl sites for hydroxylation is 3. The standard InChI is InChI=1S/C32H34N4O3S/c1-21-9-8-12-25(18-21)31-29-30(24-10-6-5-7-11-24)34-36(26-14-13-22(2)17-23(26)3)32(29)35(28(38)20-40-31)19-27(37)33-15-16-39-4/h5-14,17-18,31H,15-16,19-20H2,1-4H3,(H,33,37)/t31-/m0/s1. The molecule has 0 unspecified atom stereocenters. The number of ether oxygens (including phenoxy) is 1. The van der Waals surface area contributed by atoms with Crippen molar-refractivity contribution >= 4 is 29.4 Å². The number of thioether (sulfide) groups is 1. The second kappa shape index (κ2) is 12.1. The van der Waals surface area contributed by atoms with Crippen molar-refractivity contribution in [2.45, 2.75) is 26.0 Å². The molecule has 1 aliphatic heterocycles. The normalized spacial score (nSPS) is 15.1. The molecule has 7 nitrogen and oxygen atoms in total. The van der Waals surface area contributed by atoms with Gasteiger partial charge in [-0.1, -0.05) is 77.9 Å². The molecule has 206 valence electrons. The maximum absolute atomic E-state index is 13.8. The predicted molar refractivity (Wildman–Crippen MR) is 161 cm³/mol. The number of carbonyl (C=O) groups is 2. The number of anilines is 1. The second-order valence-electron chi connectivity index (χ2n) is 10.1. The van der Waals surface area contributed by atoms with Crippen LogP contribution in [0.15, 0.2) is 72.8 Å². The van der Waals surface area contributed by atoms with Crippen molar-refractivity contribution in [2.24, 2.45) is 0 Å². The Kier molecular flexibility index (Phi) is 8.38. The highest BCUT2D eigenvalue weighted by Crippen LogP contribution is 2.48. The Morgan fingerprint density at radius 3 is 2.52 bits per heavy atom. The second-order valence-corrected chi connectivity index (χ2v) is 11.2. The third kappa shape index (κ3) is 5.69. The lowest BCUT2D eigenvalue weighted by molar-refractivity contribution is -0.123. The first-order chi connectivity index (χ1) is 19.4. The lowest BCUT2D eigenvalue weighted by Crippen LogP contribution is -2.43. The molecule has 1 N–H and O–H groups in total. The average Bonchev–Trinajstić information content (AvgIpc) is 3.25. The number of nitrogens with zero attached hydrogens (tertiary/aromatic N) is 3.